The van der Waals surface area contributed by atoms with Gasteiger partial charge in [0, 0.05) is 12.2 Å². The number of aliphatic hydroxyl groups is 1. The van der Waals surface area contributed by atoms with Crippen molar-refractivity contribution in [2.75, 3.05) is 18.4 Å². The van der Waals surface area contributed by atoms with Crippen molar-refractivity contribution in [2.24, 2.45) is 0 Å². The van der Waals surface area contributed by atoms with Crippen LogP contribution in [0.4, 0.5) is 5.69 Å². The van der Waals surface area contributed by atoms with Gasteiger partial charge in [-0.15, -0.1) is 0 Å². The Kier molecular flexibility index (Phi) is 5.48. The molecule has 0 amide bonds. The van der Waals surface area contributed by atoms with Crippen molar-refractivity contribution in [2.45, 2.75) is 17.3 Å². The molecule has 0 bridgehead atoms. The number of benzene rings is 1. The number of nitrogens with one attached hydrogen (secondary N) is 2. The Hall–Kier alpha value is -1.20. The molecular formula is C10H16N2O6S2. The summed E-state index contributed by atoms with van der Waals surface area (Å²) >= 11 is 0. The summed E-state index contributed by atoms with van der Waals surface area (Å²) in [4.78, 5) is -0.0818. The van der Waals surface area contributed by atoms with E-state index in [1.165, 1.54) is 12.1 Å². The lowest BCUT2D eigenvalue weighted by Gasteiger charge is -2.10. The standard InChI is InChI=1S/C10H16N2O6S2/c1-2-11-8-3-5-9(6-4-8)19(14,15)12-7-10(13)20(16,17)18/h3-6,10-13H,2,7H2,1H3,(H,16,17,18). The molecule has 114 valence electrons. The predicted octanol–water partition coefficient (Wildman–Crippen LogP) is -0.397. The summed E-state index contributed by atoms with van der Waals surface area (Å²) in [5, 5.41) is 12.0. The van der Waals surface area contributed by atoms with Gasteiger partial charge in [0.2, 0.25) is 10.0 Å². The first-order valence-electron chi connectivity index (χ1n) is 5.65. The van der Waals surface area contributed by atoms with E-state index < -0.39 is 32.1 Å². The summed E-state index contributed by atoms with van der Waals surface area (Å²) in [5.74, 6) is 0. The molecule has 0 saturated heterocycles. The zero-order valence-corrected chi connectivity index (χ0v) is 12.3. The number of anilines is 1. The summed E-state index contributed by atoms with van der Waals surface area (Å²) in [6, 6.07) is 5.77. The van der Waals surface area contributed by atoms with E-state index in [1.807, 2.05) is 11.6 Å². The second kappa shape index (κ2) is 6.50. The molecule has 10 heteroatoms. The lowest BCUT2D eigenvalue weighted by molar-refractivity contribution is 0.236. The minimum absolute atomic E-state index is 0.0818. The van der Waals surface area contributed by atoms with E-state index in [-0.39, 0.29) is 4.90 Å². The van der Waals surface area contributed by atoms with Crippen molar-refractivity contribution < 1.29 is 26.5 Å². The van der Waals surface area contributed by atoms with Gasteiger partial charge >= 0.3 is 0 Å². The highest BCUT2D eigenvalue weighted by molar-refractivity contribution is 7.89. The Morgan fingerprint density at radius 1 is 1.15 bits per heavy atom. The van der Waals surface area contributed by atoms with Crippen LogP contribution in [0.3, 0.4) is 0 Å². The quantitative estimate of drug-likeness (QED) is 0.502. The van der Waals surface area contributed by atoms with Gasteiger partial charge < -0.3 is 10.4 Å². The molecule has 0 heterocycles. The third-order valence-corrected chi connectivity index (χ3v) is 4.63. The first-order chi connectivity index (χ1) is 9.16. The molecule has 1 rings (SSSR count). The van der Waals surface area contributed by atoms with Gasteiger partial charge in [-0.05, 0) is 31.2 Å². The molecule has 8 nitrogen and oxygen atoms in total. The fourth-order valence-electron chi connectivity index (χ4n) is 1.33. The number of rotatable bonds is 7. The van der Waals surface area contributed by atoms with Crippen LogP contribution in [0.2, 0.25) is 0 Å². The van der Waals surface area contributed by atoms with Gasteiger partial charge in [-0.1, -0.05) is 0 Å². The van der Waals surface area contributed by atoms with Crippen LogP contribution in [0.25, 0.3) is 0 Å². The Morgan fingerprint density at radius 2 is 1.70 bits per heavy atom. The van der Waals surface area contributed by atoms with Crippen LogP contribution >= 0.6 is 0 Å². The highest BCUT2D eigenvalue weighted by Gasteiger charge is 2.23. The van der Waals surface area contributed by atoms with Crippen molar-refractivity contribution in [3.05, 3.63) is 24.3 Å². The monoisotopic (exact) mass is 324 g/mol. The molecule has 0 aliphatic heterocycles. The number of hydrogen-bond acceptors (Lipinski definition) is 6. The zero-order chi connectivity index (χ0) is 15.4. The van der Waals surface area contributed by atoms with Crippen molar-refractivity contribution in [1.82, 2.24) is 4.72 Å². The number of aliphatic hydroxyl groups excluding tert-OH is 1. The fourth-order valence-corrected chi connectivity index (χ4v) is 2.76. The molecule has 0 aliphatic carbocycles. The Balaban J connectivity index is 2.79. The van der Waals surface area contributed by atoms with Crippen LogP contribution in [-0.2, 0) is 20.1 Å². The predicted molar refractivity (Wildman–Crippen MR) is 73.3 cm³/mol. The Bertz CT molecular complexity index is 639. The minimum atomic E-state index is -4.70. The van der Waals surface area contributed by atoms with Crippen molar-refractivity contribution in [3.63, 3.8) is 0 Å². The van der Waals surface area contributed by atoms with Crippen molar-refractivity contribution in [1.29, 1.82) is 0 Å². The molecule has 0 saturated carbocycles. The van der Waals surface area contributed by atoms with E-state index in [9.17, 15) is 16.8 Å². The molecule has 0 radical (unpaired) electrons. The summed E-state index contributed by atoms with van der Waals surface area (Å²) < 4.78 is 55.2. The van der Waals surface area contributed by atoms with Crippen molar-refractivity contribution in [3.8, 4) is 0 Å². The molecule has 0 fully saturated rings. The first kappa shape index (κ1) is 16.9. The SMILES string of the molecule is CCNc1ccc(S(=O)(=O)NCC(O)S(=O)(=O)O)cc1. The van der Waals surface area contributed by atoms with Gasteiger partial charge in [-0.25, -0.2) is 13.1 Å². The molecule has 0 spiro atoms. The average molecular weight is 324 g/mol. The van der Waals surface area contributed by atoms with E-state index in [2.05, 4.69) is 5.32 Å². The maximum absolute atomic E-state index is 11.8. The number of sulfonamides is 1. The minimum Gasteiger partial charge on any atom is -0.385 e. The molecule has 1 aromatic carbocycles. The molecule has 1 aromatic rings. The van der Waals surface area contributed by atoms with Crippen LogP contribution in [0.15, 0.2) is 29.2 Å². The second-order valence-corrected chi connectivity index (χ2v) is 7.22. The zero-order valence-electron chi connectivity index (χ0n) is 10.6. The van der Waals surface area contributed by atoms with Gasteiger partial charge in [0.1, 0.15) is 0 Å². The highest BCUT2D eigenvalue weighted by Crippen LogP contribution is 2.13. The topological polar surface area (TPSA) is 133 Å². The Labute approximate surface area is 117 Å². The molecule has 0 aromatic heterocycles. The molecule has 4 N–H and O–H groups in total. The van der Waals surface area contributed by atoms with E-state index in [4.69, 9.17) is 9.66 Å². The van der Waals surface area contributed by atoms with Crippen LogP contribution in [-0.4, -0.2) is 45.0 Å². The fraction of sp³-hybridized carbons (Fsp3) is 0.400. The van der Waals surface area contributed by atoms with Gasteiger partial charge in [0.15, 0.2) is 5.44 Å². The molecule has 0 aliphatic rings. The van der Waals surface area contributed by atoms with E-state index in [0.717, 1.165) is 5.69 Å². The van der Waals surface area contributed by atoms with Gasteiger partial charge in [0.25, 0.3) is 10.1 Å². The Morgan fingerprint density at radius 3 is 2.15 bits per heavy atom. The van der Waals surface area contributed by atoms with Crippen LogP contribution < -0.4 is 10.0 Å². The number of hydrogen-bond donors (Lipinski definition) is 4. The highest BCUT2D eigenvalue weighted by atomic mass is 32.2. The van der Waals surface area contributed by atoms with Crippen LogP contribution in [0, 0.1) is 0 Å². The van der Waals surface area contributed by atoms with E-state index in [0.29, 0.717) is 6.54 Å². The van der Waals surface area contributed by atoms with Gasteiger partial charge in [-0.3, -0.25) is 4.55 Å². The second-order valence-electron chi connectivity index (χ2n) is 3.88. The molecule has 1 atom stereocenters. The third-order valence-electron chi connectivity index (χ3n) is 2.34. The van der Waals surface area contributed by atoms with Crippen LogP contribution in [0.5, 0.6) is 0 Å². The molecule has 20 heavy (non-hydrogen) atoms. The summed E-state index contributed by atoms with van der Waals surface area (Å²) in [7, 11) is -8.66. The average Bonchev–Trinajstić information content (AvgIpc) is 2.36. The molecular weight excluding hydrogens is 308 g/mol. The normalized spacial score (nSPS) is 13.9. The molecule has 1 unspecified atom stereocenters. The lowest BCUT2D eigenvalue weighted by atomic mass is 10.3. The van der Waals surface area contributed by atoms with E-state index >= 15 is 0 Å². The maximum atomic E-state index is 11.8. The lowest BCUT2D eigenvalue weighted by Crippen LogP contribution is -2.36. The maximum Gasteiger partial charge on any atom is 0.293 e. The van der Waals surface area contributed by atoms with Gasteiger partial charge in [0.05, 0.1) is 11.4 Å². The summed E-state index contributed by atoms with van der Waals surface area (Å²) in [5.41, 5.74) is -1.47. The first-order valence-corrected chi connectivity index (χ1v) is 8.63. The van der Waals surface area contributed by atoms with Crippen LogP contribution in [0.1, 0.15) is 6.92 Å². The van der Waals surface area contributed by atoms with Gasteiger partial charge in [-0.2, -0.15) is 8.42 Å². The summed E-state index contributed by atoms with van der Waals surface area (Å²) in [6.45, 7) is 1.74. The smallest absolute Gasteiger partial charge is 0.293 e. The third kappa shape index (κ3) is 4.72. The van der Waals surface area contributed by atoms with Crippen molar-refractivity contribution >= 4 is 25.8 Å². The largest absolute Gasteiger partial charge is 0.385 e. The summed E-state index contributed by atoms with van der Waals surface area (Å²) in [6.07, 6.45) is 0. The van der Waals surface area contributed by atoms with E-state index in [1.54, 1.807) is 12.1 Å².